The summed E-state index contributed by atoms with van der Waals surface area (Å²) in [4.78, 5) is 35.1. The van der Waals surface area contributed by atoms with Crippen molar-refractivity contribution in [3.8, 4) is 0 Å². The molecule has 2 fully saturated rings. The molecule has 0 aromatic heterocycles. The van der Waals surface area contributed by atoms with E-state index in [9.17, 15) is 9.59 Å². The first-order valence-corrected chi connectivity index (χ1v) is 22.3. The van der Waals surface area contributed by atoms with Gasteiger partial charge in [-0.3, -0.25) is 9.80 Å². The minimum Gasteiger partial charge on any atom is -0.445 e. The van der Waals surface area contributed by atoms with Crippen molar-refractivity contribution in [1.82, 2.24) is 19.6 Å². The maximum Gasteiger partial charge on any atom is 0.410 e. The van der Waals surface area contributed by atoms with Gasteiger partial charge in [0.25, 0.3) is 0 Å². The molecule has 2 aromatic rings. The summed E-state index contributed by atoms with van der Waals surface area (Å²) >= 11 is 0. The first-order chi connectivity index (χ1) is 31.6. The molecule has 2 N–H and O–H groups in total. The van der Waals surface area contributed by atoms with Gasteiger partial charge in [0, 0.05) is 83.4 Å². The van der Waals surface area contributed by atoms with Gasteiger partial charge in [-0.2, -0.15) is 0 Å². The lowest BCUT2D eigenvalue weighted by Gasteiger charge is -2.33. The molecule has 64 heavy (non-hydrogen) atoms. The van der Waals surface area contributed by atoms with E-state index >= 15 is 0 Å². The van der Waals surface area contributed by atoms with Crippen LogP contribution < -0.4 is 5.73 Å². The summed E-state index contributed by atoms with van der Waals surface area (Å²) in [6, 6.07) is 19.4. The van der Waals surface area contributed by atoms with Gasteiger partial charge in [-0.15, -0.1) is 0 Å². The van der Waals surface area contributed by atoms with Crippen LogP contribution in [0.25, 0.3) is 10.4 Å². The number of nitrogens with zero attached hydrogens (tertiary/aromatic N) is 7. The average Bonchev–Trinajstić information content (AvgIpc) is 3.34. The van der Waals surface area contributed by atoms with E-state index in [1.54, 1.807) is 9.80 Å². The summed E-state index contributed by atoms with van der Waals surface area (Å²) in [6.45, 7) is 17.7. The molecule has 2 aromatic carbocycles. The van der Waals surface area contributed by atoms with E-state index in [0.29, 0.717) is 158 Å². The van der Waals surface area contributed by atoms with Gasteiger partial charge in [-0.1, -0.05) is 65.8 Å². The van der Waals surface area contributed by atoms with Crippen molar-refractivity contribution in [3.63, 3.8) is 0 Å². The Kier molecular flexibility index (Phi) is 32.3. The number of carbonyl (C=O) groups excluding carboxylic acids is 2. The largest absolute Gasteiger partial charge is 0.445 e. The van der Waals surface area contributed by atoms with Gasteiger partial charge >= 0.3 is 12.2 Å². The molecule has 0 saturated carbocycles. The molecule has 2 amide bonds. The number of ether oxygens (including phenoxy) is 10. The van der Waals surface area contributed by atoms with E-state index in [4.69, 9.17) is 58.6 Å². The molecule has 0 atom stereocenters. The van der Waals surface area contributed by atoms with E-state index in [0.717, 1.165) is 50.4 Å². The van der Waals surface area contributed by atoms with Gasteiger partial charge in [-0.05, 0) is 16.7 Å². The third kappa shape index (κ3) is 27.9. The Labute approximate surface area is 378 Å². The van der Waals surface area contributed by atoms with E-state index in [-0.39, 0.29) is 12.2 Å². The zero-order valence-electron chi connectivity index (χ0n) is 37.6. The maximum atomic E-state index is 12.2. The highest BCUT2D eigenvalue weighted by atomic mass is 16.6. The molecule has 4 rings (SSSR count). The fourth-order valence-electron chi connectivity index (χ4n) is 6.07. The molecule has 0 unspecified atom stereocenters. The van der Waals surface area contributed by atoms with Crippen LogP contribution in [0.15, 0.2) is 65.8 Å². The molecule has 20 heteroatoms. The average molecular weight is 905 g/mol. The fraction of sp³-hybridized carbons (Fsp3) is 0.682. The smallest absolute Gasteiger partial charge is 0.410 e. The highest BCUT2D eigenvalue weighted by molar-refractivity contribution is 5.68. The normalized spacial score (nSPS) is 14.4. The topological polar surface area (TPSA) is 214 Å². The SMILES string of the molecule is NCCOCCOCCOCCOCCN1CCN(C(=O)OCc2ccccc2)CC1.[N-]=[N+]=NCCOCCOCCOCCOCCN1CCN(C(=O)OCc2ccccc2)CC1. The van der Waals surface area contributed by atoms with Crippen LogP contribution in [0.4, 0.5) is 9.59 Å². The highest BCUT2D eigenvalue weighted by Gasteiger charge is 2.23. The predicted molar refractivity (Wildman–Crippen MR) is 239 cm³/mol. The molecule has 20 nitrogen and oxygen atoms in total. The number of azide groups is 1. The number of rotatable bonds is 33. The van der Waals surface area contributed by atoms with E-state index in [1.165, 1.54) is 0 Å². The van der Waals surface area contributed by atoms with Crippen molar-refractivity contribution in [2.24, 2.45) is 10.8 Å². The third-order valence-corrected chi connectivity index (χ3v) is 9.67. The summed E-state index contributed by atoms with van der Waals surface area (Å²) < 4.78 is 54.1. The number of piperazine rings is 2. The van der Waals surface area contributed by atoms with Crippen molar-refractivity contribution in [1.29, 1.82) is 0 Å². The minimum absolute atomic E-state index is 0.246. The number of hydrogen-bond donors (Lipinski definition) is 1. The monoisotopic (exact) mass is 905 g/mol. The van der Waals surface area contributed by atoms with Gasteiger partial charge in [0.2, 0.25) is 0 Å². The molecule has 2 aliphatic heterocycles. The molecular weight excluding hydrogens is 833 g/mol. The standard InChI is InChI=1S/C22H35N5O6.C22H37N3O6/c23-25-24-6-12-29-14-16-31-18-19-32-17-15-30-13-11-26-7-9-27(10-8-26)22(28)33-20-21-4-2-1-3-5-21;23-6-12-27-14-16-29-18-19-30-17-15-28-13-11-24-7-9-25(10-8-24)22(26)31-20-21-4-2-1-3-5-21/h1-5H,6-20H2;1-5H,6-20,23H2. The summed E-state index contributed by atoms with van der Waals surface area (Å²) in [7, 11) is 0. The van der Waals surface area contributed by atoms with Crippen LogP contribution in [0.3, 0.4) is 0 Å². The Morgan fingerprint density at radius 2 is 0.812 bits per heavy atom. The zero-order chi connectivity index (χ0) is 45.4. The van der Waals surface area contributed by atoms with Crippen LogP contribution in [0, 0.1) is 0 Å². The molecule has 2 aliphatic rings. The first kappa shape index (κ1) is 54.2. The molecule has 2 saturated heterocycles. The summed E-state index contributed by atoms with van der Waals surface area (Å²) in [5, 5.41) is 3.37. The van der Waals surface area contributed by atoms with Crippen molar-refractivity contribution in [2.45, 2.75) is 13.2 Å². The lowest BCUT2D eigenvalue weighted by molar-refractivity contribution is -0.00458. The third-order valence-electron chi connectivity index (χ3n) is 9.67. The summed E-state index contributed by atoms with van der Waals surface area (Å²) in [5.41, 5.74) is 15.4. The minimum atomic E-state index is -0.256. The van der Waals surface area contributed by atoms with E-state index < -0.39 is 0 Å². The number of benzene rings is 2. The van der Waals surface area contributed by atoms with Gasteiger partial charge < -0.3 is 62.9 Å². The maximum absolute atomic E-state index is 12.2. The van der Waals surface area contributed by atoms with Gasteiger partial charge in [0.15, 0.2) is 0 Å². The molecule has 0 spiro atoms. The second-order valence-corrected chi connectivity index (χ2v) is 14.4. The molecule has 0 aliphatic carbocycles. The van der Waals surface area contributed by atoms with Gasteiger partial charge in [0.1, 0.15) is 13.2 Å². The second-order valence-electron chi connectivity index (χ2n) is 14.4. The Morgan fingerprint density at radius 1 is 0.484 bits per heavy atom. The Morgan fingerprint density at radius 3 is 1.16 bits per heavy atom. The van der Waals surface area contributed by atoms with Crippen molar-refractivity contribution in [3.05, 3.63) is 82.2 Å². The molecule has 0 radical (unpaired) electrons. The Bertz CT molecular complexity index is 1470. The first-order valence-electron chi connectivity index (χ1n) is 22.3. The zero-order valence-corrected chi connectivity index (χ0v) is 37.6. The highest BCUT2D eigenvalue weighted by Crippen LogP contribution is 2.09. The van der Waals surface area contributed by atoms with Gasteiger partial charge in [-0.25, -0.2) is 9.59 Å². The fourth-order valence-corrected chi connectivity index (χ4v) is 6.07. The van der Waals surface area contributed by atoms with Crippen LogP contribution in [-0.2, 0) is 60.6 Å². The van der Waals surface area contributed by atoms with E-state index in [2.05, 4.69) is 19.8 Å². The van der Waals surface area contributed by atoms with E-state index in [1.807, 2.05) is 60.7 Å². The molecule has 360 valence electrons. The Hall–Kier alpha value is -4.15. The van der Waals surface area contributed by atoms with Crippen LogP contribution in [0.1, 0.15) is 11.1 Å². The lowest BCUT2D eigenvalue weighted by atomic mass is 10.2. The number of amides is 2. The Balaban J connectivity index is 0.000000341. The molecule has 0 bridgehead atoms. The van der Waals surface area contributed by atoms with Crippen LogP contribution in [0.2, 0.25) is 0 Å². The lowest BCUT2D eigenvalue weighted by Crippen LogP contribution is -2.49. The number of nitrogens with two attached hydrogens (primary N) is 1. The van der Waals surface area contributed by atoms with Gasteiger partial charge in [0.05, 0.1) is 106 Å². The van der Waals surface area contributed by atoms with Crippen LogP contribution in [0.5, 0.6) is 0 Å². The number of carbonyl (C=O) groups is 2. The quantitative estimate of drug-likeness (QED) is 0.0471. The second kappa shape index (κ2) is 38.2. The predicted octanol–water partition coefficient (Wildman–Crippen LogP) is 3.28. The summed E-state index contributed by atoms with van der Waals surface area (Å²) in [5.74, 6) is 0. The van der Waals surface area contributed by atoms with Crippen molar-refractivity contribution >= 4 is 12.2 Å². The molecular formula is C44H72N8O12. The van der Waals surface area contributed by atoms with Crippen LogP contribution >= 0.6 is 0 Å². The van der Waals surface area contributed by atoms with Crippen molar-refractivity contribution < 1.29 is 57.0 Å². The van der Waals surface area contributed by atoms with Crippen LogP contribution in [-0.4, -0.2) is 216 Å². The van der Waals surface area contributed by atoms with Crippen molar-refractivity contribution in [2.75, 3.05) is 184 Å². The summed E-state index contributed by atoms with van der Waals surface area (Å²) in [6.07, 6.45) is -0.502. The molecule has 2 heterocycles. The number of hydrogen-bond acceptors (Lipinski definition) is 16.